The summed E-state index contributed by atoms with van der Waals surface area (Å²) in [5.41, 5.74) is 9.10. The summed E-state index contributed by atoms with van der Waals surface area (Å²) in [6, 6.07) is 3.46. The van der Waals surface area contributed by atoms with Crippen LogP contribution in [0.2, 0.25) is 0 Å². The SMILES string of the molecule is CCCCc1cc(C(=O)O)cc(CCCC)c1C=C(C)C(N)=O. The molecule has 0 saturated carbocycles. The molecule has 0 atom stereocenters. The molecule has 0 aliphatic rings. The first-order valence-corrected chi connectivity index (χ1v) is 8.27. The van der Waals surface area contributed by atoms with Gasteiger partial charge in [-0.1, -0.05) is 26.7 Å². The fourth-order valence-corrected chi connectivity index (χ4v) is 2.52. The zero-order chi connectivity index (χ0) is 17.4. The van der Waals surface area contributed by atoms with Crippen molar-refractivity contribution in [2.45, 2.75) is 59.3 Å². The highest BCUT2D eigenvalue weighted by molar-refractivity contribution is 5.96. The van der Waals surface area contributed by atoms with Gasteiger partial charge in [0.05, 0.1) is 5.56 Å². The predicted octanol–water partition coefficient (Wildman–Crippen LogP) is 3.96. The molecular formula is C19H27NO3. The molecule has 23 heavy (non-hydrogen) atoms. The van der Waals surface area contributed by atoms with Crippen molar-refractivity contribution in [2.24, 2.45) is 5.73 Å². The Morgan fingerprint density at radius 1 is 1.09 bits per heavy atom. The zero-order valence-corrected chi connectivity index (χ0v) is 14.3. The topological polar surface area (TPSA) is 80.4 Å². The van der Waals surface area contributed by atoms with Crippen LogP contribution in [0.1, 0.15) is 73.5 Å². The van der Waals surface area contributed by atoms with E-state index in [9.17, 15) is 14.7 Å². The number of carbonyl (C=O) groups is 2. The van der Waals surface area contributed by atoms with Crippen LogP contribution >= 0.6 is 0 Å². The molecule has 0 bridgehead atoms. The minimum Gasteiger partial charge on any atom is -0.478 e. The highest BCUT2D eigenvalue weighted by Crippen LogP contribution is 2.25. The highest BCUT2D eigenvalue weighted by atomic mass is 16.4. The third-order valence-corrected chi connectivity index (χ3v) is 3.95. The molecule has 1 amide bonds. The maximum Gasteiger partial charge on any atom is 0.335 e. The van der Waals surface area contributed by atoms with Crippen LogP contribution < -0.4 is 5.73 Å². The van der Waals surface area contributed by atoms with E-state index in [2.05, 4.69) is 13.8 Å². The van der Waals surface area contributed by atoms with Gasteiger partial charge in [-0.3, -0.25) is 4.79 Å². The molecule has 0 aliphatic carbocycles. The van der Waals surface area contributed by atoms with E-state index in [0.717, 1.165) is 55.2 Å². The summed E-state index contributed by atoms with van der Waals surface area (Å²) in [5.74, 6) is -1.36. The van der Waals surface area contributed by atoms with Crippen LogP contribution in [0, 0.1) is 0 Å². The molecule has 0 aromatic heterocycles. The molecule has 0 unspecified atom stereocenters. The minimum absolute atomic E-state index is 0.316. The smallest absolute Gasteiger partial charge is 0.335 e. The molecule has 0 radical (unpaired) electrons. The van der Waals surface area contributed by atoms with E-state index in [1.54, 1.807) is 19.1 Å². The van der Waals surface area contributed by atoms with Gasteiger partial charge in [0.1, 0.15) is 0 Å². The number of carbonyl (C=O) groups excluding carboxylic acids is 1. The van der Waals surface area contributed by atoms with E-state index < -0.39 is 11.9 Å². The van der Waals surface area contributed by atoms with Gasteiger partial charge < -0.3 is 10.8 Å². The van der Waals surface area contributed by atoms with Crippen molar-refractivity contribution in [1.82, 2.24) is 0 Å². The Bertz CT molecular complexity index is 574. The molecule has 1 aromatic carbocycles. The third kappa shape index (κ3) is 5.55. The van der Waals surface area contributed by atoms with Crippen LogP contribution in [0.4, 0.5) is 0 Å². The number of carboxylic acid groups (broad SMARTS) is 1. The van der Waals surface area contributed by atoms with Crippen LogP contribution in [-0.2, 0) is 17.6 Å². The van der Waals surface area contributed by atoms with Gasteiger partial charge >= 0.3 is 5.97 Å². The molecule has 0 fully saturated rings. The molecule has 0 heterocycles. The second kappa shape index (κ2) is 9.13. The monoisotopic (exact) mass is 317 g/mol. The van der Waals surface area contributed by atoms with Crippen LogP contribution in [0.3, 0.4) is 0 Å². The normalized spacial score (nSPS) is 11.5. The van der Waals surface area contributed by atoms with Crippen LogP contribution in [0.15, 0.2) is 17.7 Å². The van der Waals surface area contributed by atoms with Crippen LogP contribution in [0.5, 0.6) is 0 Å². The van der Waals surface area contributed by atoms with Crippen molar-refractivity contribution in [2.75, 3.05) is 0 Å². The van der Waals surface area contributed by atoms with E-state index in [-0.39, 0.29) is 0 Å². The number of aromatic carboxylic acids is 1. The summed E-state index contributed by atoms with van der Waals surface area (Å²) in [6.45, 7) is 5.90. The summed E-state index contributed by atoms with van der Waals surface area (Å²) in [7, 11) is 0. The fraction of sp³-hybridized carbons (Fsp3) is 0.474. The van der Waals surface area contributed by atoms with Crippen molar-refractivity contribution < 1.29 is 14.7 Å². The molecule has 4 heteroatoms. The number of hydrogen-bond acceptors (Lipinski definition) is 2. The van der Waals surface area contributed by atoms with E-state index in [4.69, 9.17) is 5.73 Å². The standard InChI is InChI=1S/C19H27NO3/c1-4-6-8-14-11-16(19(22)23)12-15(9-7-5-2)17(14)10-13(3)18(20)21/h10-12H,4-9H2,1-3H3,(H2,20,21)(H,22,23). The van der Waals surface area contributed by atoms with Gasteiger partial charge in [0.2, 0.25) is 5.91 Å². The Labute approximate surface area is 138 Å². The number of carboxylic acids is 1. The second-order valence-electron chi connectivity index (χ2n) is 5.91. The van der Waals surface area contributed by atoms with Crippen molar-refractivity contribution in [3.63, 3.8) is 0 Å². The van der Waals surface area contributed by atoms with E-state index in [1.165, 1.54) is 0 Å². The first-order valence-electron chi connectivity index (χ1n) is 8.27. The van der Waals surface area contributed by atoms with Crippen molar-refractivity contribution in [3.05, 3.63) is 40.0 Å². The van der Waals surface area contributed by atoms with E-state index in [0.29, 0.717) is 11.1 Å². The molecule has 4 nitrogen and oxygen atoms in total. The lowest BCUT2D eigenvalue weighted by Crippen LogP contribution is -2.12. The second-order valence-corrected chi connectivity index (χ2v) is 5.91. The summed E-state index contributed by atoms with van der Waals surface area (Å²) in [4.78, 5) is 22.8. The summed E-state index contributed by atoms with van der Waals surface area (Å²) < 4.78 is 0. The van der Waals surface area contributed by atoms with Gasteiger partial charge in [0.15, 0.2) is 0 Å². The van der Waals surface area contributed by atoms with Gasteiger partial charge in [-0.05, 0) is 67.5 Å². The molecule has 1 aromatic rings. The van der Waals surface area contributed by atoms with Crippen molar-refractivity contribution >= 4 is 18.0 Å². The molecule has 0 spiro atoms. The van der Waals surface area contributed by atoms with Crippen LogP contribution in [0.25, 0.3) is 6.08 Å². The largest absolute Gasteiger partial charge is 0.478 e. The average Bonchev–Trinajstić information content (AvgIpc) is 2.51. The summed E-state index contributed by atoms with van der Waals surface area (Å²) >= 11 is 0. The summed E-state index contributed by atoms with van der Waals surface area (Å²) in [6.07, 6.45) is 7.42. The Hall–Kier alpha value is -2.10. The number of benzene rings is 1. The molecule has 1 rings (SSSR count). The average molecular weight is 317 g/mol. The molecule has 126 valence electrons. The minimum atomic E-state index is -0.914. The Morgan fingerprint density at radius 3 is 1.91 bits per heavy atom. The lowest BCUT2D eigenvalue weighted by atomic mass is 9.90. The number of unbranched alkanes of at least 4 members (excludes halogenated alkanes) is 2. The van der Waals surface area contributed by atoms with Gasteiger partial charge in [-0.25, -0.2) is 4.79 Å². The van der Waals surface area contributed by atoms with E-state index >= 15 is 0 Å². The first kappa shape index (κ1) is 18.9. The van der Waals surface area contributed by atoms with Crippen molar-refractivity contribution in [1.29, 1.82) is 0 Å². The lowest BCUT2D eigenvalue weighted by molar-refractivity contribution is -0.114. The number of rotatable bonds is 9. The molecular weight excluding hydrogens is 290 g/mol. The number of aryl methyl sites for hydroxylation is 2. The van der Waals surface area contributed by atoms with E-state index in [1.807, 2.05) is 6.08 Å². The molecule has 0 aliphatic heterocycles. The van der Waals surface area contributed by atoms with Gasteiger partial charge in [0.25, 0.3) is 0 Å². The first-order chi connectivity index (χ1) is 10.9. The van der Waals surface area contributed by atoms with Crippen LogP contribution in [-0.4, -0.2) is 17.0 Å². The maximum absolute atomic E-state index is 11.4. The highest BCUT2D eigenvalue weighted by Gasteiger charge is 2.14. The molecule has 0 saturated heterocycles. The maximum atomic E-state index is 11.4. The molecule has 3 N–H and O–H groups in total. The Balaban J connectivity index is 3.46. The van der Waals surface area contributed by atoms with Gasteiger partial charge in [0, 0.05) is 5.57 Å². The number of amides is 1. The van der Waals surface area contributed by atoms with Gasteiger partial charge in [-0.15, -0.1) is 0 Å². The van der Waals surface area contributed by atoms with Gasteiger partial charge in [-0.2, -0.15) is 0 Å². The zero-order valence-electron chi connectivity index (χ0n) is 14.3. The number of hydrogen-bond donors (Lipinski definition) is 2. The van der Waals surface area contributed by atoms with Crippen molar-refractivity contribution in [3.8, 4) is 0 Å². The predicted molar refractivity (Wildman–Crippen MR) is 93.5 cm³/mol. The number of primary amides is 1. The summed E-state index contributed by atoms with van der Waals surface area (Å²) in [5, 5.41) is 9.36. The number of nitrogens with two attached hydrogens (primary N) is 1. The third-order valence-electron chi connectivity index (χ3n) is 3.95. The lowest BCUT2D eigenvalue weighted by Gasteiger charge is -2.14. The quantitative estimate of drug-likeness (QED) is 0.676. The Kier molecular flexibility index (Phi) is 7.52. The fourth-order valence-electron chi connectivity index (χ4n) is 2.52. The Morgan fingerprint density at radius 2 is 1.57 bits per heavy atom.